The average Bonchev–Trinajstić information content (AvgIpc) is 2.61. The van der Waals surface area contributed by atoms with Crippen LogP contribution >= 0.6 is 0 Å². The molecular formula is C10H15N5O2. The van der Waals surface area contributed by atoms with E-state index in [-0.39, 0.29) is 17.5 Å². The second kappa shape index (κ2) is 3.47. The van der Waals surface area contributed by atoms with E-state index in [1.807, 2.05) is 13.8 Å². The number of fused-ring (bicyclic) bond motifs is 1. The van der Waals surface area contributed by atoms with Gasteiger partial charge in [-0.2, -0.15) is 4.98 Å². The van der Waals surface area contributed by atoms with Crippen molar-refractivity contribution in [2.24, 2.45) is 14.1 Å². The molecule has 92 valence electrons. The second-order valence-corrected chi connectivity index (χ2v) is 4.31. The zero-order valence-corrected chi connectivity index (χ0v) is 10.3. The largest absolute Gasteiger partial charge is 0.369 e. The Balaban J connectivity index is 3.13. The summed E-state index contributed by atoms with van der Waals surface area (Å²) in [6.07, 6.45) is 0. The maximum Gasteiger partial charge on any atom is 0.332 e. The molecule has 0 spiro atoms. The molecule has 0 amide bonds. The number of aryl methyl sites for hydroxylation is 1. The van der Waals surface area contributed by atoms with Crippen LogP contribution in [0.15, 0.2) is 9.59 Å². The normalized spacial score (nSPS) is 11.6. The standard InChI is InChI=1S/C10H15N5O2/c1-5(2)15-6-7(12-9(15)11)13(3)10(17)14(4)8(6)16/h5H,1-4H3,(H2,11,12). The molecule has 0 aliphatic heterocycles. The van der Waals surface area contributed by atoms with E-state index in [0.717, 1.165) is 4.57 Å². The minimum atomic E-state index is -0.407. The van der Waals surface area contributed by atoms with Crippen LogP contribution in [-0.4, -0.2) is 18.7 Å². The van der Waals surface area contributed by atoms with Gasteiger partial charge in [-0.15, -0.1) is 0 Å². The zero-order chi connectivity index (χ0) is 12.9. The zero-order valence-electron chi connectivity index (χ0n) is 10.3. The highest BCUT2D eigenvalue weighted by atomic mass is 16.2. The Kier molecular flexibility index (Phi) is 2.34. The molecule has 0 atom stereocenters. The van der Waals surface area contributed by atoms with Crippen molar-refractivity contribution >= 4 is 17.1 Å². The van der Waals surface area contributed by atoms with Crippen molar-refractivity contribution in [3.8, 4) is 0 Å². The first-order valence-corrected chi connectivity index (χ1v) is 5.29. The molecule has 2 heterocycles. The quantitative estimate of drug-likeness (QED) is 0.730. The van der Waals surface area contributed by atoms with Crippen LogP contribution in [0.4, 0.5) is 5.95 Å². The average molecular weight is 237 g/mol. The number of imidazole rings is 1. The van der Waals surface area contributed by atoms with Crippen LogP contribution < -0.4 is 17.0 Å². The highest BCUT2D eigenvalue weighted by molar-refractivity contribution is 5.73. The van der Waals surface area contributed by atoms with Crippen molar-refractivity contribution in [3.05, 3.63) is 20.8 Å². The molecule has 0 unspecified atom stereocenters. The van der Waals surface area contributed by atoms with Crippen LogP contribution in [-0.2, 0) is 14.1 Å². The van der Waals surface area contributed by atoms with E-state index in [1.165, 1.54) is 11.6 Å². The fraction of sp³-hybridized carbons (Fsp3) is 0.500. The number of nitrogens with two attached hydrogens (primary N) is 1. The van der Waals surface area contributed by atoms with Gasteiger partial charge in [0, 0.05) is 20.1 Å². The number of rotatable bonds is 1. The van der Waals surface area contributed by atoms with E-state index in [0.29, 0.717) is 11.2 Å². The molecule has 0 saturated heterocycles. The number of hydrogen-bond acceptors (Lipinski definition) is 4. The first-order valence-electron chi connectivity index (χ1n) is 5.29. The Hall–Kier alpha value is -2.05. The summed E-state index contributed by atoms with van der Waals surface area (Å²) >= 11 is 0. The predicted octanol–water partition coefficient (Wildman–Crippen LogP) is -0.403. The van der Waals surface area contributed by atoms with Gasteiger partial charge < -0.3 is 10.3 Å². The Morgan fingerprint density at radius 3 is 2.29 bits per heavy atom. The van der Waals surface area contributed by atoms with Crippen molar-refractivity contribution in [1.82, 2.24) is 18.7 Å². The lowest BCUT2D eigenvalue weighted by Crippen LogP contribution is -2.37. The van der Waals surface area contributed by atoms with E-state index in [4.69, 9.17) is 5.73 Å². The van der Waals surface area contributed by atoms with Gasteiger partial charge >= 0.3 is 5.69 Å². The topological polar surface area (TPSA) is 87.8 Å². The highest BCUT2D eigenvalue weighted by Gasteiger charge is 2.18. The van der Waals surface area contributed by atoms with Crippen molar-refractivity contribution in [1.29, 1.82) is 0 Å². The summed E-state index contributed by atoms with van der Waals surface area (Å²) in [5, 5.41) is 0. The molecule has 0 bridgehead atoms. The summed E-state index contributed by atoms with van der Waals surface area (Å²) < 4.78 is 4.02. The first-order chi connectivity index (χ1) is 7.86. The third-order valence-electron chi connectivity index (χ3n) is 2.84. The minimum Gasteiger partial charge on any atom is -0.369 e. The van der Waals surface area contributed by atoms with E-state index < -0.39 is 5.69 Å². The van der Waals surface area contributed by atoms with E-state index in [2.05, 4.69) is 4.98 Å². The van der Waals surface area contributed by atoms with Gasteiger partial charge in [0.15, 0.2) is 11.2 Å². The molecular weight excluding hydrogens is 222 g/mol. The second-order valence-electron chi connectivity index (χ2n) is 4.31. The Bertz CT molecular complexity index is 704. The SMILES string of the molecule is CC(C)n1c(N)nc2c1c(=O)n(C)c(=O)n2C. The third-order valence-corrected chi connectivity index (χ3v) is 2.84. The monoisotopic (exact) mass is 237 g/mol. The molecule has 2 rings (SSSR count). The van der Waals surface area contributed by atoms with Crippen molar-refractivity contribution in [2.45, 2.75) is 19.9 Å². The number of aromatic nitrogens is 4. The van der Waals surface area contributed by atoms with Crippen LogP contribution in [0.1, 0.15) is 19.9 Å². The van der Waals surface area contributed by atoms with Crippen molar-refractivity contribution in [3.63, 3.8) is 0 Å². The summed E-state index contributed by atoms with van der Waals surface area (Å²) in [5.41, 5.74) is 5.69. The molecule has 2 aromatic heterocycles. The molecule has 7 nitrogen and oxygen atoms in total. The van der Waals surface area contributed by atoms with Crippen LogP contribution in [0.5, 0.6) is 0 Å². The van der Waals surface area contributed by atoms with Crippen molar-refractivity contribution < 1.29 is 0 Å². The van der Waals surface area contributed by atoms with Gasteiger partial charge in [-0.25, -0.2) is 4.79 Å². The molecule has 7 heteroatoms. The molecule has 0 aromatic carbocycles. The minimum absolute atomic E-state index is 0.00482. The van der Waals surface area contributed by atoms with Crippen LogP contribution in [0.2, 0.25) is 0 Å². The Morgan fingerprint density at radius 1 is 1.18 bits per heavy atom. The van der Waals surface area contributed by atoms with E-state index in [9.17, 15) is 9.59 Å². The van der Waals surface area contributed by atoms with Crippen LogP contribution in [0.3, 0.4) is 0 Å². The molecule has 0 fully saturated rings. The summed E-state index contributed by atoms with van der Waals surface area (Å²) in [6, 6.07) is 0.00482. The van der Waals surface area contributed by atoms with Gasteiger partial charge in [0.25, 0.3) is 5.56 Å². The van der Waals surface area contributed by atoms with Gasteiger partial charge in [0.1, 0.15) is 0 Å². The van der Waals surface area contributed by atoms with Gasteiger partial charge in [-0.3, -0.25) is 13.9 Å². The summed E-state index contributed by atoms with van der Waals surface area (Å²) in [4.78, 5) is 27.9. The maximum atomic E-state index is 12.1. The lowest BCUT2D eigenvalue weighted by Gasteiger charge is -2.10. The highest BCUT2D eigenvalue weighted by Crippen LogP contribution is 2.18. The Labute approximate surface area is 97.1 Å². The van der Waals surface area contributed by atoms with Crippen molar-refractivity contribution in [2.75, 3.05) is 5.73 Å². The van der Waals surface area contributed by atoms with Gasteiger partial charge in [-0.05, 0) is 13.8 Å². The Morgan fingerprint density at radius 2 is 1.76 bits per heavy atom. The predicted molar refractivity (Wildman–Crippen MR) is 65.0 cm³/mol. The van der Waals surface area contributed by atoms with Crippen LogP contribution in [0.25, 0.3) is 11.2 Å². The maximum absolute atomic E-state index is 12.1. The van der Waals surface area contributed by atoms with Gasteiger partial charge in [0.2, 0.25) is 5.95 Å². The lowest BCUT2D eigenvalue weighted by molar-refractivity contribution is 0.618. The first kappa shape index (κ1) is 11.4. The molecule has 0 radical (unpaired) electrons. The molecule has 0 aliphatic rings. The summed E-state index contributed by atoms with van der Waals surface area (Å²) in [7, 11) is 3.01. The third kappa shape index (κ3) is 1.38. The number of hydrogen-bond donors (Lipinski definition) is 1. The van der Waals surface area contributed by atoms with Gasteiger partial charge in [-0.1, -0.05) is 0 Å². The molecule has 17 heavy (non-hydrogen) atoms. The number of anilines is 1. The smallest absolute Gasteiger partial charge is 0.332 e. The van der Waals surface area contributed by atoms with E-state index in [1.54, 1.807) is 11.6 Å². The fourth-order valence-corrected chi connectivity index (χ4v) is 1.95. The fourth-order valence-electron chi connectivity index (χ4n) is 1.95. The molecule has 2 N–H and O–H groups in total. The molecule has 0 saturated carbocycles. The lowest BCUT2D eigenvalue weighted by atomic mass is 10.3. The van der Waals surface area contributed by atoms with Crippen LogP contribution in [0, 0.1) is 0 Å². The summed E-state index contributed by atoms with van der Waals surface area (Å²) in [5.74, 6) is 0.244. The van der Waals surface area contributed by atoms with E-state index >= 15 is 0 Å². The molecule has 0 aliphatic carbocycles. The van der Waals surface area contributed by atoms with Gasteiger partial charge in [0.05, 0.1) is 0 Å². The number of nitrogen functional groups attached to an aromatic ring is 1. The molecule has 2 aromatic rings. The number of nitrogens with zero attached hydrogens (tertiary/aromatic N) is 4. The summed E-state index contributed by atoms with van der Waals surface area (Å²) in [6.45, 7) is 3.81.